The van der Waals surface area contributed by atoms with Crippen LogP contribution in [0.15, 0.2) is 42.5 Å². The van der Waals surface area contributed by atoms with Crippen LogP contribution < -0.4 is 5.32 Å². The molecule has 2 heterocycles. The largest absolute Gasteiger partial charge is 0.380 e. The molecule has 2 aliphatic heterocycles. The first kappa shape index (κ1) is 19.9. The maximum absolute atomic E-state index is 12.8. The average Bonchev–Trinajstić information content (AvgIpc) is 3.12. The molecule has 0 bridgehead atoms. The highest BCUT2D eigenvalue weighted by Crippen LogP contribution is 2.31. The van der Waals surface area contributed by atoms with E-state index in [4.69, 9.17) is 4.74 Å². The summed E-state index contributed by atoms with van der Waals surface area (Å²) in [5.74, 6) is 0.265. The highest BCUT2D eigenvalue weighted by atomic mass is 16.5. The van der Waals surface area contributed by atoms with Crippen LogP contribution in [0.4, 0.5) is 0 Å². The molecule has 2 aromatic carbocycles. The molecule has 2 aliphatic rings. The molecule has 1 N–H and O–H groups in total. The topological polar surface area (TPSA) is 58.6 Å². The first-order valence-electron chi connectivity index (χ1n) is 10.7. The molecule has 4 rings (SSSR count). The van der Waals surface area contributed by atoms with Gasteiger partial charge in [-0.15, -0.1) is 0 Å². The normalized spacial score (nSPS) is 24.7. The van der Waals surface area contributed by atoms with Gasteiger partial charge < -0.3 is 15.0 Å². The smallest absolute Gasteiger partial charge is 0.222 e. The second kappa shape index (κ2) is 8.54. The summed E-state index contributed by atoms with van der Waals surface area (Å²) in [5.41, 5.74) is 0.877. The number of hydrogen-bond donors (Lipinski definition) is 1. The number of fused-ring (bicyclic) bond motifs is 1. The van der Waals surface area contributed by atoms with Gasteiger partial charge in [0.1, 0.15) is 0 Å². The number of methoxy groups -OCH3 is 1. The molecule has 5 heteroatoms. The SMILES string of the molecule is CO[C@H]1CCCN(C(=O)CC[C@@]2(Cc3ccc4ccccc4c3)CCC(=O)N2)C1. The fraction of sp³-hybridized carbons (Fsp3) is 0.500. The van der Waals surface area contributed by atoms with E-state index in [-0.39, 0.29) is 23.5 Å². The van der Waals surface area contributed by atoms with Crippen LogP contribution in [-0.2, 0) is 20.7 Å². The summed E-state index contributed by atoms with van der Waals surface area (Å²) in [6.07, 6.45) is 5.38. The van der Waals surface area contributed by atoms with E-state index in [1.54, 1.807) is 7.11 Å². The lowest BCUT2D eigenvalue weighted by Gasteiger charge is -2.34. The van der Waals surface area contributed by atoms with Gasteiger partial charge in [0, 0.05) is 38.6 Å². The molecule has 0 saturated carbocycles. The summed E-state index contributed by atoms with van der Waals surface area (Å²) in [4.78, 5) is 26.8. The highest BCUT2D eigenvalue weighted by molar-refractivity contribution is 5.83. The maximum Gasteiger partial charge on any atom is 0.222 e. The Hall–Kier alpha value is -2.40. The molecule has 0 aliphatic carbocycles. The van der Waals surface area contributed by atoms with Crippen molar-refractivity contribution in [3.05, 3.63) is 48.0 Å². The predicted molar refractivity (Wildman–Crippen MR) is 114 cm³/mol. The third-order valence-corrected chi connectivity index (χ3v) is 6.47. The zero-order chi connectivity index (χ0) is 20.3. The zero-order valence-corrected chi connectivity index (χ0v) is 17.2. The number of ether oxygens (including phenoxy) is 1. The third kappa shape index (κ3) is 4.61. The van der Waals surface area contributed by atoms with Crippen LogP contribution in [-0.4, -0.2) is 48.6 Å². The number of likely N-dealkylation sites (tertiary alicyclic amines) is 1. The van der Waals surface area contributed by atoms with Gasteiger partial charge >= 0.3 is 0 Å². The van der Waals surface area contributed by atoms with Gasteiger partial charge in [-0.3, -0.25) is 9.59 Å². The summed E-state index contributed by atoms with van der Waals surface area (Å²) in [5, 5.41) is 5.63. The second-order valence-electron chi connectivity index (χ2n) is 8.53. The van der Waals surface area contributed by atoms with Gasteiger partial charge in [-0.05, 0) is 48.4 Å². The van der Waals surface area contributed by atoms with Crippen molar-refractivity contribution in [2.75, 3.05) is 20.2 Å². The molecular weight excluding hydrogens is 364 g/mol. The van der Waals surface area contributed by atoms with Crippen LogP contribution in [0.3, 0.4) is 0 Å². The average molecular weight is 395 g/mol. The monoisotopic (exact) mass is 394 g/mol. The Morgan fingerprint density at radius 1 is 1.24 bits per heavy atom. The molecule has 154 valence electrons. The van der Waals surface area contributed by atoms with Crippen molar-refractivity contribution in [3.8, 4) is 0 Å². The van der Waals surface area contributed by atoms with Gasteiger partial charge in [0.15, 0.2) is 0 Å². The number of benzene rings is 2. The van der Waals surface area contributed by atoms with Crippen LogP contribution in [0.2, 0.25) is 0 Å². The van der Waals surface area contributed by atoms with Crippen molar-refractivity contribution in [2.24, 2.45) is 0 Å². The molecule has 2 aromatic rings. The molecule has 2 saturated heterocycles. The minimum Gasteiger partial charge on any atom is -0.380 e. The van der Waals surface area contributed by atoms with Crippen LogP contribution >= 0.6 is 0 Å². The van der Waals surface area contributed by atoms with E-state index >= 15 is 0 Å². The molecule has 5 nitrogen and oxygen atoms in total. The minimum absolute atomic E-state index is 0.0932. The number of hydrogen-bond acceptors (Lipinski definition) is 3. The molecule has 0 radical (unpaired) electrons. The number of carbonyl (C=O) groups is 2. The van der Waals surface area contributed by atoms with Crippen molar-refractivity contribution in [3.63, 3.8) is 0 Å². The summed E-state index contributed by atoms with van der Waals surface area (Å²) >= 11 is 0. The van der Waals surface area contributed by atoms with Gasteiger partial charge in [-0.1, -0.05) is 42.5 Å². The third-order valence-electron chi connectivity index (χ3n) is 6.47. The Morgan fingerprint density at radius 3 is 2.83 bits per heavy atom. The Labute approximate surface area is 172 Å². The summed E-state index contributed by atoms with van der Waals surface area (Å²) < 4.78 is 5.45. The molecule has 2 atom stereocenters. The first-order chi connectivity index (χ1) is 14.1. The molecular formula is C24H30N2O3. The van der Waals surface area contributed by atoms with Gasteiger partial charge in [0.25, 0.3) is 0 Å². The van der Waals surface area contributed by atoms with Gasteiger partial charge in [0.05, 0.1) is 6.10 Å². The van der Waals surface area contributed by atoms with E-state index in [2.05, 4.69) is 35.6 Å². The number of nitrogens with zero attached hydrogens (tertiary/aromatic N) is 1. The maximum atomic E-state index is 12.8. The molecule has 2 fully saturated rings. The number of piperidine rings is 1. The standard InChI is InChI=1S/C24H30N2O3/c1-29-21-7-4-14-26(17-21)23(28)11-13-24(12-10-22(27)25-24)16-18-8-9-19-5-2-3-6-20(19)15-18/h2-3,5-6,8-9,15,21H,4,7,10-14,16-17H2,1H3,(H,25,27)/t21-,24+/m0/s1. The lowest BCUT2D eigenvalue weighted by Crippen LogP contribution is -2.46. The zero-order valence-electron chi connectivity index (χ0n) is 17.2. The van der Waals surface area contributed by atoms with Crippen molar-refractivity contribution in [1.29, 1.82) is 0 Å². The van der Waals surface area contributed by atoms with E-state index in [9.17, 15) is 9.59 Å². The van der Waals surface area contributed by atoms with E-state index in [1.165, 1.54) is 16.3 Å². The molecule has 0 spiro atoms. The summed E-state index contributed by atoms with van der Waals surface area (Å²) in [6, 6.07) is 14.8. The van der Waals surface area contributed by atoms with Crippen LogP contribution in [0.1, 0.15) is 44.1 Å². The fourth-order valence-electron chi connectivity index (χ4n) is 4.78. The number of amides is 2. The predicted octanol–water partition coefficient (Wildman–Crippen LogP) is 3.45. The fourth-order valence-corrected chi connectivity index (χ4v) is 4.78. The summed E-state index contributed by atoms with van der Waals surface area (Å²) in [7, 11) is 1.71. The van der Waals surface area contributed by atoms with Crippen LogP contribution in [0, 0.1) is 0 Å². The minimum atomic E-state index is -0.328. The number of carbonyl (C=O) groups excluding carboxylic acids is 2. The highest BCUT2D eigenvalue weighted by Gasteiger charge is 2.38. The van der Waals surface area contributed by atoms with Gasteiger partial charge in [0.2, 0.25) is 11.8 Å². The van der Waals surface area contributed by atoms with E-state index in [1.807, 2.05) is 17.0 Å². The molecule has 29 heavy (non-hydrogen) atoms. The Bertz CT molecular complexity index is 897. The Morgan fingerprint density at radius 2 is 2.07 bits per heavy atom. The lowest BCUT2D eigenvalue weighted by molar-refractivity contribution is -0.135. The lowest BCUT2D eigenvalue weighted by atomic mass is 9.84. The van der Waals surface area contributed by atoms with Gasteiger partial charge in [-0.25, -0.2) is 0 Å². The summed E-state index contributed by atoms with van der Waals surface area (Å²) in [6.45, 7) is 1.49. The second-order valence-corrected chi connectivity index (χ2v) is 8.53. The van der Waals surface area contributed by atoms with Crippen molar-refractivity contribution in [1.82, 2.24) is 10.2 Å². The molecule has 0 unspecified atom stereocenters. The van der Waals surface area contributed by atoms with Gasteiger partial charge in [-0.2, -0.15) is 0 Å². The quantitative estimate of drug-likeness (QED) is 0.816. The number of rotatable bonds is 6. The molecule has 0 aromatic heterocycles. The Kier molecular flexibility index (Phi) is 5.86. The van der Waals surface area contributed by atoms with E-state index in [0.717, 1.165) is 32.2 Å². The van der Waals surface area contributed by atoms with Crippen LogP contribution in [0.25, 0.3) is 10.8 Å². The molecule has 2 amide bonds. The Balaban J connectivity index is 1.45. The van der Waals surface area contributed by atoms with Crippen LogP contribution in [0.5, 0.6) is 0 Å². The van der Waals surface area contributed by atoms with E-state index in [0.29, 0.717) is 25.8 Å². The first-order valence-corrected chi connectivity index (χ1v) is 10.7. The van der Waals surface area contributed by atoms with E-state index < -0.39 is 0 Å². The van der Waals surface area contributed by atoms with Crippen molar-refractivity contribution in [2.45, 2.75) is 56.6 Å². The van der Waals surface area contributed by atoms with Crippen molar-refractivity contribution >= 4 is 22.6 Å². The van der Waals surface area contributed by atoms with Crippen molar-refractivity contribution < 1.29 is 14.3 Å². The number of nitrogens with one attached hydrogen (secondary N) is 1.